The minimum absolute atomic E-state index is 0.0170. The number of ether oxygens (including phenoxy) is 2. The molecule has 2 aliphatic heterocycles. The van der Waals surface area contributed by atoms with E-state index in [-0.39, 0.29) is 23.9 Å². The Kier molecular flexibility index (Phi) is 11.5. The van der Waals surface area contributed by atoms with Gasteiger partial charge in [0.05, 0.1) is 35.7 Å². The van der Waals surface area contributed by atoms with Crippen molar-refractivity contribution < 1.29 is 19.1 Å². The fourth-order valence-electron chi connectivity index (χ4n) is 6.72. The van der Waals surface area contributed by atoms with Crippen molar-refractivity contribution in [2.75, 3.05) is 33.9 Å². The van der Waals surface area contributed by atoms with E-state index in [0.717, 1.165) is 65.7 Å². The molecule has 2 amide bonds. The maximum absolute atomic E-state index is 11.5. The van der Waals surface area contributed by atoms with E-state index in [1.54, 1.807) is 27.3 Å². The summed E-state index contributed by atoms with van der Waals surface area (Å²) in [4.78, 5) is 34.8. The minimum Gasteiger partial charge on any atom is -0.496 e. The van der Waals surface area contributed by atoms with E-state index >= 15 is 0 Å². The van der Waals surface area contributed by atoms with Gasteiger partial charge in [0.1, 0.15) is 5.75 Å². The van der Waals surface area contributed by atoms with E-state index in [4.69, 9.17) is 37.7 Å². The Labute approximate surface area is 302 Å². The van der Waals surface area contributed by atoms with Crippen LogP contribution in [0.1, 0.15) is 43.7 Å². The van der Waals surface area contributed by atoms with Crippen LogP contribution in [0.15, 0.2) is 60.8 Å². The largest absolute Gasteiger partial charge is 0.496 e. The van der Waals surface area contributed by atoms with Crippen molar-refractivity contribution in [2.45, 2.75) is 57.8 Å². The lowest BCUT2D eigenvalue weighted by Gasteiger charge is -2.32. The molecule has 10 nitrogen and oxygen atoms in total. The maximum atomic E-state index is 11.5. The van der Waals surface area contributed by atoms with E-state index in [1.165, 1.54) is 0 Å². The molecule has 4 heterocycles. The van der Waals surface area contributed by atoms with E-state index in [9.17, 15) is 9.59 Å². The van der Waals surface area contributed by atoms with Gasteiger partial charge in [0, 0.05) is 97.7 Å². The number of benzene rings is 2. The molecular weight excluding hydrogens is 675 g/mol. The first kappa shape index (κ1) is 35.6. The number of methoxy groups -OCH3 is 2. The summed E-state index contributed by atoms with van der Waals surface area (Å²) in [6.07, 6.45) is 4.97. The van der Waals surface area contributed by atoms with Crippen LogP contribution < -0.4 is 25.4 Å². The molecule has 2 aromatic heterocycles. The number of likely N-dealkylation sites (tertiary alicyclic amines) is 1. The van der Waals surface area contributed by atoms with Gasteiger partial charge in [-0.3, -0.25) is 19.5 Å². The molecular formula is C38H42Cl2N6O4. The Morgan fingerprint density at radius 2 is 1.72 bits per heavy atom. The summed E-state index contributed by atoms with van der Waals surface area (Å²) in [6, 6.07) is 18.0. The van der Waals surface area contributed by atoms with E-state index in [2.05, 4.69) is 25.8 Å². The van der Waals surface area contributed by atoms with Crippen molar-refractivity contribution in [3.63, 3.8) is 0 Å². The molecule has 2 aromatic carbocycles. The number of nitrogens with zero attached hydrogens (tertiary/aromatic N) is 3. The molecule has 0 unspecified atom stereocenters. The predicted molar refractivity (Wildman–Crippen MR) is 196 cm³/mol. The number of piperidine rings is 1. The van der Waals surface area contributed by atoms with Crippen LogP contribution in [0, 0.1) is 0 Å². The summed E-state index contributed by atoms with van der Waals surface area (Å²) in [6.45, 7) is 5.32. The Morgan fingerprint density at radius 3 is 2.44 bits per heavy atom. The smallest absolute Gasteiger partial charge is 0.220 e. The van der Waals surface area contributed by atoms with Crippen LogP contribution in [0.25, 0.3) is 33.6 Å². The van der Waals surface area contributed by atoms with Crippen LogP contribution in [0.2, 0.25) is 10.0 Å². The van der Waals surface area contributed by atoms with Crippen molar-refractivity contribution in [1.82, 2.24) is 30.8 Å². The molecule has 0 saturated carbocycles. The van der Waals surface area contributed by atoms with Gasteiger partial charge in [0.2, 0.25) is 17.7 Å². The second-order valence-corrected chi connectivity index (χ2v) is 13.5. The molecule has 3 N–H and O–H groups in total. The summed E-state index contributed by atoms with van der Waals surface area (Å²) < 4.78 is 11.5. The number of carbonyl (C=O) groups excluding carboxylic acids is 2. The van der Waals surface area contributed by atoms with Crippen LogP contribution in [-0.2, 0) is 22.7 Å². The van der Waals surface area contributed by atoms with Crippen molar-refractivity contribution in [1.29, 1.82) is 0 Å². The van der Waals surface area contributed by atoms with Gasteiger partial charge in [-0.2, -0.15) is 0 Å². The average molecular weight is 718 g/mol. The Hall–Kier alpha value is -4.22. The number of hydrogen-bond acceptors (Lipinski definition) is 8. The van der Waals surface area contributed by atoms with Crippen molar-refractivity contribution in [3.05, 3.63) is 82.0 Å². The minimum atomic E-state index is 0.0170. The number of aromatic nitrogens is 2. The summed E-state index contributed by atoms with van der Waals surface area (Å²) in [5.74, 6) is 1.39. The normalized spacial score (nSPS) is 16.7. The highest BCUT2D eigenvalue weighted by Gasteiger charge is 2.23. The molecule has 4 aromatic rings. The first-order valence-corrected chi connectivity index (χ1v) is 17.6. The Morgan fingerprint density at radius 1 is 0.960 bits per heavy atom. The number of hydrogen-bond donors (Lipinski definition) is 3. The van der Waals surface area contributed by atoms with Gasteiger partial charge in [0.25, 0.3) is 0 Å². The molecule has 0 spiro atoms. The highest BCUT2D eigenvalue weighted by Crippen LogP contribution is 2.42. The van der Waals surface area contributed by atoms with Crippen LogP contribution in [0.4, 0.5) is 0 Å². The lowest BCUT2D eigenvalue weighted by molar-refractivity contribution is -0.120. The Bertz CT molecular complexity index is 1860. The number of halogens is 2. The predicted octanol–water partition coefficient (Wildman–Crippen LogP) is 6.27. The van der Waals surface area contributed by atoms with Crippen molar-refractivity contribution in [2.24, 2.45) is 0 Å². The zero-order valence-corrected chi connectivity index (χ0v) is 30.0. The molecule has 12 heteroatoms. The number of amides is 2. The Balaban J connectivity index is 1.20. The van der Waals surface area contributed by atoms with Crippen LogP contribution in [0.3, 0.4) is 0 Å². The zero-order chi connectivity index (χ0) is 35.2. The third-order valence-corrected chi connectivity index (χ3v) is 10.1. The molecule has 50 heavy (non-hydrogen) atoms. The van der Waals surface area contributed by atoms with Gasteiger partial charge in [-0.25, -0.2) is 4.98 Å². The van der Waals surface area contributed by atoms with Gasteiger partial charge >= 0.3 is 0 Å². The topological polar surface area (TPSA) is 118 Å². The molecule has 0 aliphatic carbocycles. The number of rotatable bonds is 12. The third-order valence-electron chi connectivity index (χ3n) is 9.33. The van der Waals surface area contributed by atoms with E-state index in [1.807, 2.05) is 54.6 Å². The molecule has 262 valence electrons. The monoisotopic (exact) mass is 716 g/mol. The fourth-order valence-corrected chi connectivity index (χ4v) is 7.37. The number of nitrogens with one attached hydrogen (secondary N) is 3. The van der Waals surface area contributed by atoms with Gasteiger partial charge in [0.15, 0.2) is 0 Å². The van der Waals surface area contributed by atoms with Gasteiger partial charge in [-0.15, -0.1) is 0 Å². The van der Waals surface area contributed by atoms with E-state index in [0.29, 0.717) is 59.1 Å². The van der Waals surface area contributed by atoms with Crippen molar-refractivity contribution in [3.8, 4) is 45.3 Å². The molecule has 2 aliphatic rings. The molecule has 1 atom stereocenters. The molecule has 2 saturated heterocycles. The maximum Gasteiger partial charge on any atom is 0.220 e. The summed E-state index contributed by atoms with van der Waals surface area (Å²) >= 11 is 14.2. The number of pyridine rings is 2. The summed E-state index contributed by atoms with van der Waals surface area (Å²) in [5.41, 5.74) is 6.37. The second kappa shape index (κ2) is 16.2. The average Bonchev–Trinajstić information content (AvgIpc) is 3.54. The molecule has 0 bridgehead atoms. The lowest BCUT2D eigenvalue weighted by Crippen LogP contribution is -2.43. The van der Waals surface area contributed by atoms with Crippen molar-refractivity contribution >= 4 is 35.0 Å². The quantitative estimate of drug-likeness (QED) is 0.157. The highest BCUT2D eigenvalue weighted by molar-refractivity contribution is 6.39. The summed E-state index contributed by atoms with van der Waals surface area (Å²) in [7, 11) is 3.27. The van der Waals surface area contributed by atoms with Gasteiger partial charge in [-0.05, 0) is 37.5 Å². The summed E-state index contributed by atoms with van der Waals surface area (Å²) in [5, 5.41) is 10.4. The van der Waals surface area contributed by atoms with Crippen LogP contribution in [0.5, 0.6) is 11.6 Å². The second-order valence-electron chi connectivity index (χ2n) is 12.8. The molecule has 2 fully saturated rings. The molecule has 0 radical (unpaired) electrons. The standard InChI is InChI=1S/C38H42Cl2N6O4/c1-23(47)43-27-14-17-46(18-15-27)22-26-9-11-32(45-38(26)50-3)31-6-4-5-29(35(31)39)30-13-16-42-37(36(30)40)24-7-8-25(33(19-24)49-2)20-41-21-28-10-12-34(48)44-28/h4-9,11,13,16,19,27-28,41H,10,12,14-15,17-18,20-22H2,1-3H3,(H,43,47)(H,44,48)/t28-/m1/s1. The highest BCUT2D eigenvalue weighted by atomic mass is 35.5. The SMILES string of the molecule is COc1cc(-c2nccc(-c3cccc(-c4ccc(CN5CCC(NC(C)=O)CC5)c(OC)n4)c3Cl)c2Cl)ccc1CNC[C@H]1CCC(=O)N1. The van der Waals surface area contributed by atoms with Crippen LogP contribution >= 0.6 is 23.2 Å². The number of carbonyl (C=O) groups is 2. The first-order valence-electron chi connectivity index (χ1n) is 16.9. The van der Waals surface area contributed by atoms with Gasteiger partial charge in [-0.1, -0.05) is 59.6 Å². The van der Waals surface area contributed by atoms with Gasteiger partial charge < -0.3 is 25.4 Å². The van der Waals surface area contributed by atoms with E-state index < -0.39 is 0 Å². The zero-order valence-electron chi connectivity index (χ0n) is 28.5. The molecule has 6 rings (SSSR count). The first-order chi connectivity index (χ1) is 24.2. The lowest BCUT2D eigenvalue weighted by atomic mass is 9.99. The third kappa shape index (κ3) is 8.21. The van der Waals surface area contributed by atoms with Crippen LogP contribution in [-0.4, -0.2) is 72.6 Å². The fraction of sp³-hybridized carbons (Fsp3) is 0.368.